The zero-order valence-electron chi connectivity index (χ0n) is 10.9. The molecule has 0 saturated carbocycles. The van der Waals surface area contributed by atoms with Gasteiger partial charge in [-0.1, -0.05) is 94.2 Å². The summed E-state index contributed by atoms with van der Waals surface area (Å²) in [5.41, 5.74) is 5.23. The Hall–Kier alpha value is -1.80. The fourth-order valence-electron chi connectivity index (χ4n) is 2.30. The van der Waals surface area contributed by atoms with Crippen LogP contribution in [0.2, 0.25) is 0 Å². The van der Waals surface area contributed by atoms with Crippen molar-refractivity contribution in [1.82, 2.24) is 0 Å². The summed E-state index contributed by atoms with van der Waals surface area (Å²) in [6.45, 7) is 0. The van der Waals surface area contributed by atoms with Crippen LogP contribution in [-0.4, -0.2) is 7.85 Å². The van der Waals surface area contributed by atoms with E-state index in [1.54, 1.807) is 0 Å². The lowest BCUT2D eigenvalue weighted by molar-refractivity contribution is 1.59. The van der Waals surface area contributed by atoms with Crippen LogP contribution in [0.4, 0.5) is 0 Å². The van der Waals surface area contributed by atoms with E-state index in [-0.39, 0.29) is 0 Å². The van der Waals surface area contributed by atoms with Crippen molar-refractivity contribution in [3.8, 4) is 22.3 Å². The molecule has 3 aromatic rings. The van der Waals surface area contributed by atoms with Gasteiger partial charge in [0.1, 0.15) is 7.85 Å². The first kappa shape index (κ1) is 13.2. The molecule has 0 aliphatic heterocycles. The Bertz CT molecular complexity index is 657. The maximum atomic E-state index is 6.31. The third-order valence-corrected chi connectivity index (χ3v) is 4.20. The smallest absolute Gasteiger partial charge is 0.0744 e. The average Bonchev–Trinajstić information content (AvgIpc) is 2.52. The normalized spacial score (nSPS) is 10.4. The van der Waals surface area contributed by atoms with Crippen molar-refractivity contribution in [1.29, 1.82) is 0 Å². The van der Waals surface area contributed by atoms with Crippen LogP contribution in [0.15, 0.2) is 77.3 Å². The minimum absolute atomic E-state index is 0.776. The highest BCUT2D eigenvalue weighted by molar-refractivity contribution is 9.10. The summed E-state index contributed by atoms with van der Waals surface area (Å²) >= 11 is 3.64. The molecule has 0 heterocycles. The van der Waals surface area contributed by atoms with E-state index in [9.17, 15) is 0 Å². The quantitative estimate of drug-likeness (QED) is 0.607. The standard InChI is InChI=1S/C18H12BBr/c19-17-15(13-7-3-1-4-8-13)11-12-16(18(17)20)14-9-5-2-6-10-14/h1-12H. The molecule has 0 fully saturated rings. The predicted molar refractivity (Wildman–Crippen MR) is 90.4 cm³/mol. The molecule has 0 atom stereocenters. The summed E-state index contributed by atoms with van der Waals surface area (Å²) in [5.74, 6) is 0. The lowest BCUT2D eigenvalue weighted by Gasteiger charge is -2.13. The van der Waals surface area contributed by atoms with Crippen LogP contribution in [0.5, 0.6) is 0 Å². The second-order valence-electron chi connectivity index (χ2n) is 4.62. The van der Waals surface area contributed by atoms with Gasteiger partial charge in [-0.15, -0.1) is 0 Å². The zero-order valence-corrected chi connectivity index (χ0v) is 12.5. The molecule has 0 aromatic heterocycles. The van der Waals surface area contributed by atoms with Crippen molar-refractivity contribution in [2.75, 3.05) is 0 Å². The summed E-state index contributed by atoms with van der Waals surface area (Å²) in [7, 11) is 6.31. The molecular formula is C18H12BBr. The van der Waals surface area contributed by atoms with Crippen molar-refractivity contribution in [3.05, 3.63) is 77.3 Å². The molecule has 0 bridgehead atoms. The maximum absolute atomic E-state index is 6.31. The van der Waals surface area contributed by atoms with E-state index in [2.05, 4.69) is 52.3 Å². The molecule has 0 saturated heterocycles. The first-order valence-electron chi connectivity index (χ1n) is 6.46. The van der Waals surface area contributed by atoms with Gasteiger partial charge >= 0.3 is 0 Å². The largest absolute Gasteiger partial charge is 0.116 e. The molecule has 3 rings (SSSR count). The Balaban J connectivity index is 2.13. The van der Waals surface area contributed by atoms with E-state index in [0.717, 1.165) is 32.2 Å². The summed E-state index contributed by atoms with van der Waals surface area (Å²) in [6, 6.07) is 24.6. The molecule has 0 aliphatic carbocycles. The predicted octanol–water partition coefficient (Wildman–Crippen LogP) is 4.58. The van der Waals surface area contributed by atoms with Crippen molar-refractivity contribution in [3.63, 3.8) is 0 Å². The Morgan fingerprint density at radius 1 is 0.600 bits per heavy atom. The van der Waals surface area contributed by atoms with Crippen molar-refractivity contribution in [2.24, 2.45) is 0 Å². The first-order chi connectivity index (χ1) is 9.77. The molecule has 0 unspecified atom stereocenters. The highest BCUT2D eigenvalue weighted by Crippen LogP contribution is 2.30. The van der Waals surface area contributed by atoms with Gasteiger partial charge in [-0.25, -0.2) is 0 Å². The summed E-state index contributed by atoms with van der Waals surface area (Å²) < 4.78 is 0.949. The average molecular weight is 319 g/mol. The molecule has 0 spiro atoms. The molecular weight excluding hydrogens is 307 g/mol. The molecule has 20 heavy (non-hydrogen) atoms. The van der Waals surface area contributed by atoms with Crippen LogP contribution in [0.3, 0.4) is 0 Å². The molecule has 94 valence electrons. The van der Waals surface area contributed by atoms with Crippen molar-refractivity contribution < 1.29 is 0 Å². The van der Waals surface area contributed by atoms with E-state index in [1.165, 1.54) is 0 Å². The summed E-state index contributed by atoms with van der Waals surface area (Å²) in [6.07, 6.45) is 0. The van der Waals surface area contributed by atoms with Crippen LogP contribution < -0.4 is 5.46 Å². The number of benzene rings is 3. The van der Waals surface area contributed by atoms with Crippen molar-refractivity contribution in [2.45, 2.75) is 0 Å². The lowest BCUT2D eigenvalue weighted by Crippen LogP contribution is -2.10. The van der Waals surface area contributed by atoms with Crippen LogP contribution in [0.25, 0.3) is 22.3 Å². The fourth-order valence-corrected chi connectivity index (χ4v) is 2.88. The van der Waals surface area contributed by atoms with Gasteiger partial charge in [0.15, 0.2) is 0 Å². The molecule has 0 N–H and O–H groups in total. The summed E-state index contributed by atoms with van der Waals surface area (Å²) in [5, 5.41) is 0. The lowest BCUT2D eigenvalue weighted by atomic mass is 9.84. The van der Waals surface area contributed by atoms with Gasteiger partial charge in [-0.3, -0.25) is 0 Å². The molecule has 2 radical (unpaired) electrons. The topological polar surface area (TPSA) is 0 Å². The summed E-state index contributed by atoms with van der Waals surface area (Å²) in [4.78, 5) is 0. The van der Waals surface area contributed by atoms with Crippen molar-refractivity contribution >= 4 is 29.2 Å². The monoisotopic (exact) mass is 318 g/mol. The fraction of sp³-hybridized carbons (Fsp3) is 0. The van der Waals surface area contributed by atoms with Gasteiger partial charge in [-0.05, 0) is 22.3 Å². The zero-order chi connectivity index (χ0) is 13.9. The highest BCUT2D eigenvalue weighted by Gasteiger charge is 2.09. The van der Waals surface area contributed by atoms with Gasteiger partial charge < -0.3 is 0 Å². The Morgan fingerprint density at radius 2 is 1.05 bits per heavy atom. The first-order valence-corrected chi connectivity index (χ1v) is 7.25. The van der Waals surface area contributed by atoms with Gasteiger partial charge in [0.05, 0.1) is 0 Å². The molecule has 0 amide bonds. The van der Waals surface area contributed by atoms with E-state index in [4.69, 9.17) is 7.85 Å². The van der Waals surface area contributed by atoms with E-state index < -0.39 is 0 Å². The van der Waals surface area contributed by atoms with Gasteiger partial charge in [-0.2, -0.15) is 0 Å². The van der Waals surface area contributed by atoms with Gasteiger partial charge in [0.25, 0.3) is 0 Å². The Kier molecular flexibility index (Phi) is 3.75. The van der Waals surface area contributed by atoms with Gasteiger partial charge in [0, 0.05) is 4.47 Å². The highest BCUT2D eigenvalue weighted by atomic mass is 79.9. The minimum atomic E-state index is 0.776. The van der Waals surface area contributed by atoms with Gasteiger partial charge in [0.2, 0.25) is 0 Å². The molecule has 3 aromatic carbocycles. The second kappa shape index (κ2) is 5.68. The molecule has 0 aliphatic rings. The van der Waals surface area contributed by atoms with E-state index >= 15 is 0 Å². The molecule has 2 heteroatoms. The molecule has 0 nitrogen and oxygen atoms in total. The Labute approximate surface area is 129 Å². The number of hydrogen-bond donors (Lipinski definition) is 0. The number of hydrogen-bond acceptors (Lipinski definition) is 0. The third-order valence-electron chi connectivity index (χ3n) is 3.35. The Morgan fingerprint density at radius 3 is 1.60 bits per heavy atom. The van der Waals surface area contributed by atoms with Crippen LogP contribution >= 0.6 is 15.9 Å². The SMILES string of the molecule is [B]c1c(-c2ccccc2)ccc(-c2ccccc2)c1Br. The number of halogens is 1. The number of rotatable bonds is 2. The van der Waals surface area contributed by atoms with E-state index in [1.807, 2.05) is 36.4 Å². The third kappa shape index (κ3) is 2.44. The van der Waals surface area contributed by atoms with Crippen LogP contribution in [-0.2, 0) is 0 Å². The second-order valence-corrected chi connectivity index (χ2v) is 5.41. The maximum Gasteiger partial charge on any atom is 0.116 e. The minimum Gasteiger partial charge on any atom is -0.0744 e. The van der Waals surface area contributed by atoms with Crippen LogP contribution in [0.1, 0.15) is 0 Å². The van der Waals surface area contributed by atoms with E-state index in [0.29, 0.717) is 0 Å². The van der Waals surface area contributed by atoms with Crippen LogP contribution in [0, 0.1) is 0 Å².